The van der Waals surface area contributed by atoms with Crippen LogP contribution in [0.2, 0.25) is 5.02 Å². The molecule has 4 heteroatoms. The van der Waals surface area contributed by atoms with E-state index >= 15 is 0 Å². The van der Waals surface area contributed by atoms with Gasteiger partial charge in [-0.1, -0.05) is 37.3 Å². The Balaban J connectivity index is 2.05. The molecule has 1 aromatic carbocycles. The first-order chi connectivity index (χ1) is 8.66. The van der Waals surface area contributed by atoms with Crippen LogP contribution in [0, 0.1) is 0 Å². The van der Waals surface area contributed by atoms with Crippen molar-refractivity contribution in [1.82, 2.24) is 0 Å². The molecule has 3 N–H and O–H groups in total. The molecule has 0 saturated heterocycles. The molecule has 1 amide bonds. The van der Waals surface area contributed by atoms with E-state index in [-0.39, 0.29) is 0 Å². The Morgan fingerprint density at radius 2 is 1.89 bits per heavy atom. The number of nitrogens with two attached hydrogens (primary N) is 1. The van der Waals surface area contributed by atoms with E-state index in [9.17, 15) is 4.79 Å². The fraction of sp³-hybridized carbons (Fsp3) is 0.500. The molecule has 0 heterocycles. The molecule has 1 saturated carbocycles. The summed E-state index contributed by atoms with van der Waals surface area (Å²) in [7, 11) is 0. The minimum Gasteiger partial charge on any atom is -0.382 e. The van der Waals surface area contributed by atoms with Gasteiger partial charge in [-0.25, -0.2) is 0 Å². The maximum absolute atomic E-state index is 11.1. The first kappa shape index (κ1) is 13.2. The van der Waals surface area contributed by atoms with Gasteiger partial charge in [0.1, 0.15) is 0 Å². The first-order valence-electron chi connectivity index (χ1n) is 6.52. The zero-order valence-electron chi connectivity index (χ0n) is 10.4. The second-order valence-corrected chi connectivity index (χ2v) is 5.30. The molecule has 0 unspecified atom stereocenters. The smallest absolute Gasteiger partial charge is 0.250 e. The molecule has 2 rings (SSSR count). The zero-order valence-corrected chi connectivity index (χ0v) is 11.2. The van der Waals surface area contributed by atoms with Gasteiger partial charge in [0.05, 0.1) is 10.6 Å². The van der Waals surface area contributed by atoms with Crippen LogP contribution < -0.4 is 11.1 Å². The maximum Gasteiger partial charge on any atom is 0.250 e. The lowest BCUT2D eigenvalue weighted by atomic mass is 10.1. The summed E-state index contributed by atoms with van der Waals surface area (Å²) in [5.41, 5.74) is 6.57. The Bertz CT molecular complexity index is 426. The second kappa shape index (κ2) is 6.10. The van der Waals surface area contributed by atoms with Gasteiger partial charge in [-0.3, -0.25) is 4.79 Å². The van der Waals surface area contributed by atoms with E-state index in [1.807, 2.05) is 6.07 Å². The van der Waals surface area contributed by atoms with Crippen molar-refractivity contribution >= 4 is 23.2 Å². The maximum atomic E-state index is 11.1. The minimum atomic E-state index is -0.485. The number of carbonyl (C=O) groups is 1. The van der Waals surface area contributed by atoms with Crippen molar-refractivity contribution in [3.05, 3.63) is 28.8 Å². The van der Waals surface area contributed by atoms with Crippen LogP contribution in [0.15, 0.2) is 18.2 Å². The number of benzene rings is 1. The molecular formula is C14H19ClN2O. The van der Waals surface area contributed by atoms with E-state index in [4.69, 9.17) is 17.3 Å². The van der Waals surface area contributed by atoms with Crippen LogP contribution >= 0.6 is 11.6 Å². The SMILES string of the molecule is NC(=O)c1ccc(NC2CCCCCC2)cc1Cl. The van der Waals surface area contributed by atoms with Crippen LogP contribution in [0.1, 0.15) is 48.9 Å². The van der Waals surface area contributed by atoms with Crippen LogP contribution in [0.25, 0.3) is 0 Å². The predicted molar refractivity (Wildman–Crippen MR) is 75.1 cm³/mol. The van der Waals surface area contributed by atoms with Crippen molar-refractivity contribution in [1.29, 1.82) is 0 Å². The van der Waals surface area contributed by atoms with Crippen molar-refractivity contribution in [2.45, 2.75) is 44.6 Å². The highest BCUT2D eigenvalue weighted by molar-refractivity contribution is 6.34. The average Bonchev–Trinajstić information content (AvgIpc) is 2.57. The van der Waals surface area contributed by atoms with Crippen LogP contribution in [0.3, 0.4) is 0 Å². The van der Waals surface area contributed by atoms with Crippen molar-refractivity contribution in [3.8, 4) is 0 Å². The van der Waals surface area contributed by atoms with Gasteiger partial charge < -0.3 is 11.1 Å². The molecule has 1 aromatic rings. The Morgan fingerprint density at radius 3 is 2.44 bits per heavy atom. The number of hydrogen-bond donors (Lipinski definition) is 2. The van der Waals surface area contributed by atoms with Crippen molar-refractivity contribution in [3.63, 3.8) is 0 Å². The Kier molecular flexibility index (Phi) is 4.48. The number of primary amides is 1. The van der Waals surface area contributed by atoms with Gasteiger partial charge >= 0.3 is 0 Å². The molecule has 0 bridgehead atoms. The Morgan fingerprint density at radius 1 is 1.22 bits per heavy atom. The summed E-state index contributed by atoms with van der Waals surface area (Å²) in [6, 6.07) is 5.86. The molecule has 0 spiro atoms. The summed E-state index contributed by atoms with van der Waals surface area (Å²) in [5.74, 6) is -0.485. The number of nitrogens with one attached hydrogen (secondary N) is 1. The highest BCUT2D eigenvalue weighted by Gasteiger charge is 2.13. The Hall–Kier alpha value is -1.22. The van der Waals surface area contributed by atoms with Crippen LogP contribution in [0.4, 0.5) is 5.69 Å². The second-order valence-electron chi connectivity index (χ2n) is 4.89. The summed E-state index contributed by atoms with van der Waals surface area (Å²) < 4.78 is 0. The molecule has 1 aliphatic rings. The highest BCUT2D eigenvalue weighted by Crippen LogP contribution is 2.24. The van der Waals surface area contributed by atoms with Gasteiger partial charge in [0.15, 0.2) is 0 Å². The number of rotatable bonds is 3. The number of carbonyl (C=O) groups excluding carboxylic acids is 1. The molecule has 1 fully saturated rings. The van der Waals surface area contributed by atoms with Gasteiger partial charge in [-0.05, 0) is 31.0 Å². The largest absolute Gasteiger partial charge is 0.382 e. The predicted octanol–water partition coefficient (Wildman–Crippen LogP) is 3.57. The van der Waals surface area contributed by atoms with Crippen molar-refractivity contribution in [2.75, 3.05) is 5.32 Å². The first-order valence-corrected chi connectivity index (χ1v) is 6.90. The quantitative estimate of drug-likeness (QED) is 0.822. The number of halogens is 1. The topological polar surface area (TPSA) is 55.1 Å². The van der Waals surface area contributed by atoms with E-state index in [1.165, 1.54) is 38.5 Å². The zero-order chi connectivity index (χ0) is 13.0. The van der Waals surface area contributed by atoms with E-state index in [0.29, 0.717) is 16.6 Å². The van der Waals surface area contributed by atoms with E-state index in [0.717, 1.165) is 5.69 Å². The molecular weight excluding hydrogens is 248 g/mol. The molecule has 18 heavy (non-hydrogen) atoms. The van der Waals surface area contributed by atoms with Gasteiger partial charge in [-0.15, -0.1) is 0 Å². The third-order valence-corrected chi connectivity index (χ3v) is 3.77. The van der Waals surface area contributed by atoms with Gasteiger partial charge in [0, 0.05) is 11.7 Å². The number of anilines is 1. The third kappa shape index (κ3) is 3.39. The molecule has 1 aliphatic carbocycles. The monoisotopic (exact) mass is 266 g/mol. The fourth-order valence-electron chi connectivity index (χ4n) is 2.46. The lowest BCUT2D eigenvalue weighted by Gasteiger charge is -2.18. The normalized spacial score (nSPS) is 17.2. The van der Waals surface area contributed by atoms with Crippen LogP contribution in [0.5, 0.6) is 0 Å². The number of amides is 1. The van der Waals surface area contributed by atoms with Crippen LogP contribution in [-0.4, -0.2) is 11.9 Å². The lowest BCUT2D eigenvalue weighted by molar-refractivity contribution is 0.100. The summed E-state index contributed by atoms with van der Waals surface area (Å²) >= 11 is 6.03. The van der Waals surface area contributed by atoms with Gasteiger partial charge in [0.25, 0.3) is 0 Å². The molecule has 98 valence electrons. The number of hydrogen-bond acceptors (Lipinski definition) is 2. The van der Waals surface area contributed by atoms with Gasteiger partial charge in [-0.2, -0.15) is 0 Å². The van der Waals surface area contributed by atoms with Gasteiger partial charge in [0.2, 0.25) is 5.91 Å². The van der Waals surface area contributed by atoms with Crippen molar-refractivity contribution in [2.24, 2.45) is 5.73 Å². The average molecular weight is 267 g/mol. The Labute approximate surface area is 113 Å². The molecule has 0 radical (unpaired) electrons. The van der Waals surface area contributed by atoms with E-state index in [1.54, 1.807) is 12.1 Å². The fourth-order valence-corrected chi connectivity index (χ4v) is 2.74. The summed E-state index contributed by atoms with van der Waals surface area (Å²) in [6.45, 7) is 0. The highest BCUT2D eigenvalue weighted by atomic mass is 35.5. The van der Waals surface area contributed by atoms with Crippen LogP contribution in [-0.2, 0) is 0 Å². The molecule has 3 nitrogen and oxygen atoms in total. The standard InChI is InChI=1S/C14H19ClN2O/c15-13-9-11(7-8-12(13)14(16)18)17-10-5-3-1-2-4-6-10/h7-10,17H,1-6H2,(H2,16,18). The minimum absolute atomic E-state index is 0.378. The summed E-state index contributed by atoms with van der Waals surface area (Å²) in [4.78, 5) is 11.1. The van der Waals surface area contributed by atoms with E-state index in [2.05, 4.69) is 5.32 Å². The lowest BCUT2D eigenvalue weighted by Crippen LogP contribution is -2.18. The molecule has 0 aliphatic heterocycles. The van der Waals surface area contributed by atoms with Crippen molar-refractivity contribution < 1.29 is 4.79 Å². The summed E-state index contributed by atoms with van der Waals surface area (Å²) in [5, 5.41) is 3.91. The summed E-state index contributed by atoms with van der Waals surface area (Å²) in [6.07, 6.45) is 7.64. The van der Waals surface area contributed by atoms with E-state index < -0.39 is 5.91 Å². The third-order valence-electron chi connectivity index (χ3n) is 3.46. The molecule has 0 atom stereocenters. The molecule has 0 aromatic heterocycles.